The van der Waals surface area contributed by atoms with Gasteiger partial charge in [-0.15, -0.1) is 0 Å². The van der Waals surface area contributed by atoms with Gasteiger partial charge in [0.25, 0.3) is 0 Å². The molecule has 6 bridgehead atoms. The van der Waals surface area contributed by atoms with Crippen molar-refractivity contribution in [1.29, 1.82) is 0 Å². The molecular weight excluding hydrogens is 472 g/mol. The fourth-order valence-corrected chi connectivity index (χ4v) is 4.91. The molecule has 170 valence electrons. The average Bonchev–Trinajstić information content (AvgIpc) is 3.56. The van der Waals surface area contributed by atoms with E-state index in [0.717, 1.165) is 28.4 Å². The first kappa shape index (κ1) is 21.8. The summed E-state index contributed by atoms with van der Waals surface area (Å²) in [5.74, 6) is -2.50. The first-order valence-corrected chi connectivity index (χ1v) is 11.2. The molecule has 4 unspecified atom stereocenters. The van der Waals surface area contributed by atoms with E-state index in [9.17, 15) is 30.0 Å². The smallest absolute Gasteiger partial charge is 0.249 e. The number of imidazole rings is 3. The number of nitrogens with one attached hydrogen (secondary N) is 3. The average molecular weight is 489 g/mol. The number of H-pyrrole nitrogens is 3. The summed E-state index contributed by atoms with van der Waals surface area (Å²) in [6, 6.07) is 5.47. The van der Waals surface area contributed by atoms with Crippen LogP contribution in [-0.4, -0.2) is 80.2 Å². The maximum absolute atomic E-state index is 12.5. The summed E-state index contributed by atoms with van der Waals surface area (Å²) in [5, 5.41) is 42.3. The van der Waals surface area contributed by atoms with Gasteiger partial charge in [0.2, 0.25) is 11.6 Å². The topological polar surface area (TPSA) is 201 Å². The molecule has 33 heavy (non-hydrogen) atoms. The Hall–Kier alpha value is -3.01. The standard InChI is InChI=1S/C19H16N6O6S2/c26-11-7-4-20-17(23-7)32-9-3-1-2-6-10(9)25-19(22-6)33-18-21-5-8(24-18)12(27)14(29)16(31)15(30)13(11)28/h1-5,12,14-16,27,29-31H,(H,20,23)(H,21,24)(H,22,25). The van der Waals surface area contributed by atoms with Crippen molar-refractivity contribution in [3.05, 3.63) is 42.0 Å². The Morgan fingerprint density at radius 3 is 2.36 bits per heavy atom. The third-order valence-corrected chi connectivity index (χ3v) is 6.77. The highest BCUT2D eigenvalue weighted by Crippen LogP contribution is 2.34. The number of nitrogens with zero attached hydrogens (tertiary/aromatic N) is 3. The summed E-state index contributed by atoms with van der Waals surface area (Å²) in [4.78, 5) is 47.1. The number of Topliss-reactive ketones (excluding diaryl/α,β-unsaturated/α-hetero) is 2. The van der Waals surface area contributed by atoms with Crippen molar-refractivity contribution in [2.75, 3.05) is 0 Å². The van der Waals surface area contributed by atoms with Gasteiger partial charge in [0.15, 0.2) is 15.5 Å². The highest BCUT2D eigenvalue weighted by molar-refractivity contribution is 7.99. The molecular formula is C19H16N6O6S2. The van der Waals surface area contributed by atoms with Crippen LogP contribution in [0.1, 0.15) is 22.3 Å². The number of benzene rings is 1. The van der Waals surface area contributed by atoms with E-state index in [-0.39, 0.29) is 11.4 Å². The minimum Gasteiger partial charge on any atom is -0.387 e. The number of aromatic nitrogens is 6. The van der Waals surface area contributed by atoms with E-state index in [1.54, 1.807) is 0 Å². The Bertz CT molecular complexity index is 1370. The molecule has 1 aliphatic heterocycles. The van der Waals surface area contributed by atoms with Gasteiger partial charge >= 0.3 is 0 Å². The van der Waals surface area contributed by atoms with Gasteiger partial charge in [-0.05, 0) is 35.7 Å². The quantitative estimate of drug-likeness (QED) is 0.167. The molecule has 0 amide bonds. The van der Waals surface area contributed by atoms with Crippen LogP contribution in [0, 0.1) is 0 Å². The minimum absolute atomic E-state index is 0.0294. The lowest BCUT2D eigenvalue weighted by molar-refractivity contribution is -0.141. The first-order chi connectivity index (χ1) is 15.8. The number of carbonyl (C=O) groups excluding carboxylic acids is 2. The van der Waals surface area contributed by atoms with E-state index in [4.69, 9.17) is 0 Å². The van der Waals surface area contributed by atoms with Gasteiger partial charge in [-0.3, -0.25) is 9.59 Å². The molecule has 7 N–H and O–H groups in total. The summed E-state index contributed by atoms with van der Waals surface area (Å²) in [5.41, 5.74) is 1.22. The highest BCUT2D eigenvalue weighted by atomic mass is 32.2. The molecule has 0 radical (unpaired) electrons. The molecule has 3 aromatic heterocycles. The van der Waals surface area contributed by atoms with E-state index in [2.05, 4.69) is 29.9 Å². The number of aromatic amines is 3. The fourth-order valence-electron chi connectivity index (χ4n) is 3.28. The Morgan fingerprint density at radius 1 is 0.818 bits per heavy atom. The zero-order valence-corrected chi connectivity index (χ0v) is 18.1. The molecule has 0 spiro atoms. The first-order valence-electron chi connectivity index (χ1n) is 9.57. The van der Waals surface area contributed by atoms with Gasteiger partial charge in [0, 0.05) is 4.90 Å². The van der Waals surface area contributed by atoms with Gasteiger partial charge in [0.1, 0.15) is 35.6 Å². The van der Waals surface area contributed by atoms with Crippen LogP contribution < -0.4 is 0 Å². The number of aliphatic hydroxyl groups excluding tert-OH is 4. The van der Waals surface area contributed by atoms with Crippen molar-refractivity contribution in [3.63, 3.8) is 0 Å². The maximum atomic E-state index is 12.5. The number of hydrogen-bond donors (Lipinski definition) is 7. The molecule has 14 heteroatoms. The van der Waals surface area contributed by atoms with E-state index in [1.165, 1.54) is 18.0 Å². The molecule has 1 aliphatic rings. The van der Waals surface area contributed by atoms with Crippen LogP contribution in [-0.2, 0) is 4.79 Å². The number of para-hydroxylation sites is 1. The van der Waals surface area contributed by atoms with Crippen LogP contribution in [0.5, 0.6) is 0 Å². The van der Waals surface area contributed by atoms with Gasteiger partial charge in [-0.25, -0.2) is 15.0 Å². The van der Waals surface area contributed by atoms with Crippen molar-refractivity contribution in [2.24, 2.45) is 0 Å². The van der Waals surface area contributed by atoms with Gasteiger partial charge in [-0.1, -0.05) is 6.07 Å². The monoisotopic (exact) mass is 488 g/mol. The molecule has 0 saturated heterocycles. The number of rotatable bonds is 0. The summed E-state index contributed by atoms with van der Waals surface area (Å²) in [6.07, 6.45) is -5.75. The predicted octanol–water partition coefficient (Wildman–Crippen LogP) is 0.193. The van der Waals surface area contributed by atoms with E-state index < -0.39 is 36.0 Å². The molecule has 0 saturated carbocycles. The summed E-state index contributed by atoms with van der Waals surface area (Å²) < 4.78 is 0. The van der Waals surface area contributed by atoms with Gasteiger partial charge in [0.05, 0.1) is 23.6 Å². The summed E-state index contributed by atoms with van der Waals surface area (Å²) >= 11 is 2.33. The third-order valence-electron chi connectivity index (χ3n) is 5.03. The molecule has 12 nitrogen and oxygen atoms in total. The van der Waals surface area contributed by atoms with E-state index >= 15 is 0 Å². The maximum Gasteiger partial charge on any atom is 0.249 e. The molecule has 0 fully saturated rings. The van der Waals surface area contributed by atoms with Gasteiger partial charge < -0.3 is 35.4 Å². The molecule has 4 heterocycles. The normalized spacial score (nSPS) is 24.2. The van der Waals surface area contributed by atoms with E-state index in [0.29, 0.717) is 21.0 Å². The third kappa shape index (κ3) is 3.96. The summed E-state index contributed by atoms with van der Waals surface area (Å²) in [7, 11) is 0. The van der Waals surface area contributed by atoms with Crippen molar-refractivity contribution >= 4 is 46.1 Å². The van der Waals surface area contributed by atoms with Crippen molar-refractivity contribution in [2.45, 2.75) is 44.8 Å². The van der Waals surface area contributed by atoms with Crippen LogP contribution in [0.25, 0.3) is 11.0 Å². The molecule has 1 aromatic carbocycles. The van der Waals surface area contributed by atoms with Crippen LogP contribution in [0.4, 0.5) is 0 Å². The van der Waals surface area contributed by atoms with Crippen LogP contribution in [0.2, 0.25) is 0 Å². The van der Waals surface area contributed by atoms with Crippen LogP contribution >= 0.6 is 23.5 Å². The Kier molecular flexibility index (Phi) is 5.55. The lowest BCUT2D eigenvalue weighted by Crippen LogP contribution is -2.47. The molecule has 0 aliphatic carbocycles. The van der Waals surface area contributed by atoms with Crippen LogP contribution in [0.15, 0.2) is 51.0 Å². The van der Waals surface area contributed by atoms with E-state index in [1.807, 2.05) is 18.2 Å². The second kappa shape index (κ2) is 8.40. The molecule has 5 rings (SSSR count). The Labute approximate surface area is 192 Å². The second-order valence-corrected chi connectivity index (χ2v) is 9.22. The lowest BCUT2D eigenvalue weighted by atomic mass is 9.96. The van der Waals surface area contributed by atoms with Crippen molar-refractivity contribution in [1.82, 2.24) is 29.9 Å². The fraction of sp³-hybridized carbons (Fsp3) is 0.211. The largest absolute Gasteiger partial charge is 0.387 e. The second-order valence-electron chi connectivity index (χ2n) is 7.21. The Balaban J connectivity index is 1.59. The summed E-state index contributed by atoms with van der Waals surface area (Å²) in [6.45, 7) is 0. The van der Waals surface area contributed by atoms with Crippen molar-refractivity contribution in [3.8, 4) is 0 Å². The van der Waals surface area contributed by atoms with Crippen LogP contribution in [0.3, 0.4) is 0 Å². The minimum atomic E-state index is -2.27. The zero-order chi connectivity index (χ0) is 23.3. The highest BCUT2D eigenvalue weighted by Gasteiger charge is 2.38. The van der Waals surface area contributed by atoms with Crippen molar-refractivity contribution < 1.29 is 30.0 Å². The number of ketones is 2. The molecule has 4 aromatic rings. The SMILES string of the molecule is O=C1C(=O)C(O)C(O)C(O)C(O)c2cnc([nH]2)Sc2nc3c(cccc3[nH]2)Sc2ncc1[nH]2. The molecule has 4 atom stereocenters. The number of fused-ring (bicyclic) bond motifs is 5. The number of carbonyl (C=O) groups is 2. The number of hydrogen-bond acceptors (Lipinski definition) is 11. The predicted molar refractivity (Wildman–Crippen MR) is 114 cm³/mol. The lowest BCUT2D eigenvalue weighted by Gasteiger charge is -2.24. The zero-order valence-electron chi connectivity index (χ0n) is 16.5. The van der Waals surface area contributed by atoms with Gasteiger partial charge in [-0.2, -0.15) is 0 Å². The number of aliphatic hydroxyl groups is 4. The Morgan fingerprint density at radius 2 is 1.55 bits per heavy atom.